The molecule has 1 fully saturated rings. The van der Waals surface area contributed by atoms with E-state index in [9.17, 15) is 0 Å². The standard InChI is InChI=1S/C14H31N3/c1-5-8-15-14(6-2)12-16-9-10-17(7-3)13(4)11-16/h13-15H,5-12H2,1-4H3. The van der Waals surface area contributed by atoms with Crippen molar-refractivity contribution in [3.63, 3.8) is 0 Å². The average molecular weight is 241 g/mol. The van der Waals surface area contributed by atoms with Crippen molar-refractivity contribution in [3.8, 4) is 0 Å². The molecule has 1 rings (SSSR count). The highest BCUT2D eigenvalue weighted by molar-refractivity contribution is 4.81. The highest BCUT2D eigenvalue weighted by atomic mass is 15.3. The SMILES string of the molecule is CCCNC(CC)CN1CCN(CC)C(C)C1. The van der Waals surface area contributed by atoms with Gasteiger partial charge in [-0.25, -0.2) is 0 Å². The Morgan fingerprint density at radius 2 is 2.00 bits per heavy atom. The maximum atomic E-state index is 3.65. The number of nitrogens with zero attached hydrogens (tertiary/aromatic N) is 2. The zero-order chi connectivity index (χ0) is 12.7. The molecule has 1 N–H and O–H groups in total. The third-order valence-corrected chi connectivity index (χ3v) is 3.91. The van der Waals surface area contributed by atoms with E-state index in [0.717, 1.165) is 12.6 Å². The normalized spacial score (nSPS) is 25.1. The lowest BCUT2D eigenvalue weighted by Crippen LogP contribution is -2.54. The Morgan fingerprint density at radius 1 is 1.24 bits per heavy atom. The number of likely N-dealkylation sites (N-methyl/N-ethyl adjacent to an activating group) is 1. The van der Waals surface area contributed by atoms with Crippen molar-refractivity contribution >= 4 is 0 Å². The first-order valence-electron chi connectivity index (χ1n) is 7.40. The van der Waals surface area contributed by atoms with E-state index in [0.29, 0.717) is 6.04 Å². The molecule has 0 bridgehead atoms. The van der Waals surface area contributed by atoms with Gasteiger partial charge in [-0.2, -0.15) is 0 Å². The minimum atomic E-state index is 0.676. The summed E-state index contributed by atoms with van der Waals surface area (Å²) in [6.45, 7) is 16.4. The fourth-order valence-corrected chi connectivity index (χ4v) is 2.70. The Hall–Kier alpha value is -0.120. The number of hydrogen-bond donors (Lipinski definition) is 1. The van der Waals surface area contributed by atoms with E-state index >= 15 is 0 Å². The minimum Gasteiger partial charge on any atom is -0.313 e. The summed E-state index contributed by atoms with van der Waals surface area (Å²) in [6, 6.07) is 1.40. The fraction of sp³-hybridized carbons (Fsp3) is 1.00. The molecule has 1 aliphatic rings. The van der Waals surface area contributed by atoms with Crippen molar-refractivity contribution in [3.05, 3.63) is 0 Å². The second-order valence-corrected chi connectivity index (χ2v) is 5.30. The van der Waals surface area contributed by atoms with Crippen molar-refractivity contribution in [2.24, 2.45) is 0 Å². The van der Waals surface area contributed by atoms with Crippen LogP contribution in [0.3, 0.4) is 0 Å². The lowest BCUT2D eigenvalue weighted by Gasteiger charge is -2.40. The van der Waals surface area contributed by atoms with E-state index in [1.807, 2.05) is 0 Å². The summed E-state index contributed by atoms with van der Waals surface area (Å²) in [4.78, 5) is 5.21. The molecule has 2 unspecified atom stereocenters. The third kappa shape index (κ3) is 4.94. The molecule has 3 heteroatoms. The molecule has 0 aliphatic carbocycles. The summed E-state index contributed by atoms with van der Waals surface area (Å²) in [6.07, 6.45) is 2.47. The molecule has 0 aromatic heterocycles. The Labute approximate surface area is 108 Å². The van der Waals surface area contributed by atoms with Crippen LogP contribution in [0.5, 0.6) is 0 Å². The molecule has 0 aromatic carbocycles. The van der Waals surface area contributed by atoms with Gasteiger partial charge in [-0.1, -0.05) is 20.8 Å². The van der Waals surface area contributed by atoms with Gasteiger partial charge < -0.3 is 5.32 Å². The number of hydrogen-bond acceptors (Lipinski definition) is 3. The summed E-state index contributed by atoms with van der Waals surface area (Å²) in [5.74, 6) is 0. The Bertz CT molecular complexity index is 196. The van der Waals surface area contributed by atoms with Crippen LogP contribution in [0, 0.1) is 0 Å². The molecule has 1 aliphatic heterocycles. The van der Waals surface area contributed by atoms with Crippen LogP contribution in [-0.4, -0.2) is 61.2 Å². The van der Waals surface area contributed by atoms with Crippen LogP contribution >= 0.6 is 0 Å². The summed E-state index contributed by atoms with van der Waals surface area (Å²) < 4.78 is 0. The van der Waals surface area contributed by atoms with Crippen molar-refractivity contribution in [2.45, 2.75) is 52.6 Å². The number of piperazine rings is 1. The molecular formula is C14H31N3. The molecule has 1 heterocycles. The zero-order valence-electron chi connectivity index (χ0n) is 12.2. The van der Waals surface area contributed by atoms with Gasteiger partial charge in [0.1, 0.15) is 0 Å². The van der Waals surface area contributed by atoms with Crippen molar-refractivity contribution in [1.82, 2.24) is 15.1 Å². The monoisotopic (exact) mass is 241 g/mol. The molecule has 1 saturated heterocycles. The number of nitrogens with one attached hydrogen (secondary N) is 1. The quantitative estimate of drug-likeness (QED) is 0.733. The second kappa shape index (κ2) is 8.06. The van der Waals surface area contributed by atoms with E-state index in [1.165, 1.54) is 45.6 Å². The molecule has 0 aromatic rings. The molecule has 0 spiro atoms. The van der Waals surface area contributed by atoms with Gasteiger partial charge in [0.2, 0.25) is 0 Å². The first kappa shape index (κ1) is 14.9. The van der Waals surface area contributed by atoms with Crippen molar-refractivity contribution in [1.29, 1.82) is 0 Å². The van der Waals surface area contributed by atoms with Gasteiger partial charge in [-0.05, 0) is 32.9 Å². The summed E-state index contributed by atoms with van der Waals surface area (Å²) >= 11 is 0. The Balaban J connectivity index is 2.31. The van der Waals surface area contributed by atoms with E-state index < -0.39 is 0 Å². The molecule has 0 radical (unpaired) electrons. The van der Waals surface area contributed by atoms with Gasteiger partial charge in [0.05, 0.1) is 0 Å². The van der Waals surface area contributed by atoms with E-state index in [4.69, 9.17) is 0 Å². The summed E-state index contributed by atoms with van der Waals surface area (Å²) in [7, 11) is 0. The van der Waals surface area contributed by atoms with Crippen LogP contribution in [0.1, 0.15) is 40.5 Å². The van der Waals surface area contributed by atoms with Crippen LogP contribution in [0.25, 0.3) is 0 Å². The van der Waals surface area contributed by atoms with Crippen LogP contribution < -0.4 is 5.32 Å². The average Bonchev–Trinajstić information content (AvgIpc) is 2.34. The van der Waals surface area contributed by atoms with Gasteiger partial charge >= 0.3 is 0 Å². The predicted octanol–water partition coefficient (Wildman–Crippen LogP) is 1.79. The maximum absolute atomic E-state index is 3.65. The van der Waals surface area contributed by atoms with E-state index in [1.54, 1.807) is 0 Å². The van der Waals surface area contributed by atoms with Gasteiger partial charge in [0.25, 0.3) is 0 Å². The van der Waals surface area contributed by atoms with Gasteiger partial charge in [0.15, 0.2) is 0 Å². The fourth-order valence-electron chi connectivity index (χ4n) is 2.70. The minimum absolute atomic E-state index is 0.676. The van der Waals surface area contributed by atoms with E-state index in [2.05, 4.69) is 42.8 Å². The third-order valence-electron chi connectivity index (χ3n) is 3.91. The molecular weight excluding hydrogens is 210 g/mol. The predicted molar refractivity (Wildman–Crippen MR) is 75.5 cm³/mol. The molecule has 2 atom stereocenters. The van der Waals surface area contributed by atoms with Gasteiger partial charge in [-0.3, -0.25) is 9.80 Å². The zero-order valence-corrected chi connectivity index (χ0v) is 12.2. The van der Waals surface area contributed by atoms with Crippen LogP contribution in [-0.2, 0) is 0 Å². The van der Waals surface area contributed by atoms with Crippen LogP contribution in [0.15, 0.2) is 0 Å². The van der Waals surface area contributed by atoms with Crippen molar-refractivity contribution in [2.75, 3.05) is 39.3 Å². The summed E-state index contributed by atoms with van der Waals surface area (Å²) in [5.41, 5.74) is 0. The van der Waals surface area contributed by atoms with E-state index in [-0.39, 0.29) is 0 Å². The smallest absolute Gasteiger partial charge is 0.0195 e. The second-order valence-electron chi connectivity index (χ2n) is 5.30. The first-order chi connectivity index (χ1) is 8.21. The lowest BCUT2D eigenvalue weighted by molar-refractivity contribution is 0.0809. The highest BCUT2D eigenvalue weighted by Crippen LogP contribution is 2.10. The molecule has 0 saturated carbocycles. The van der Waals surface area contributed by atoms with Crippen LogP contribution in [0.2, 0.25) is 0 Å². The highest BCUT2D eigenvalue weighted by Gasteiger charge is 2.23. The molecule has 3 nitrogen and oxygen atoms in total. The van der Waals surface area contributed by atoms with Crippen LogP contribution in [0.4, 0.5) is 0 Å². The largest absolute Gasteiger partial charge is 0.313 e. The topological polar surface area (TPSA) is 18.5 Å². The van der Waals surface area contributed by atoms with Gasteiger partial charge in [0, 0.05) is 38.3 Å². The molecule has 0 amide bonds. The Morgan fingerprint density at radius 3 is 2.53 bits per heavy atom. The maximum Gasteiger partial charge on any atom is 0.0195 e. The Kier molecular flexibility index (Phi) is 7.09. The van der Waals surface area contributed by atoms with Crippen molar-refractivity contribution < 1.29 is 0 Å². The molecule has 102 valence electrons. The number of rotatable bonds is 7. The lowest BCUT2D eigenvalue weighted by atomic mass is 10.1. The summed E-state index contributed by atoms with van der Waals surface area (Å²) in [5, 5.41) is 3.65. The molecule has 17 heavy (non-hydrogen) atoms. The van der Waals surface area contributed by atoms with Gasteiger partial charge in [-0.15, -0.1) is 0 Å². The first-order valence-corrected chi connectivity index (χ1v) is 7.40.